The summed E-state index contributed by atoms with van der Waals surface area (Å²) in [5, 5.41) is 3.72. The van der Waals surface area contributed by atoms with Gasteiger partial charge in [-0.2, -0.15) is 0 Å². The molecule has 0 saturated heterocycles. The van der Waals surface area contributed by atoms with Gasteiger partial charge in [0.05, 0.1) is 0 Å². The van der Waals surface area contributed by atoms with E-state index in [1.165, 1.54) is 37.7 Å². The van der Waals surface area contributed by atoms with E-state index in [-0.39, 0.29) is 0 Å². The fourth-order valence-electron chi connectivity index (χ4n) is 3.34. The number of nitrogens with one attached hydrogen (secondary N) is 1. The summed E-state index contributed by atoms with van der Waals surface area (Å²) in [6.07, 6.45) is 6.32. The lowest BCUT2D eigenvalue weighted by Gasteiger charge is -2.27. The van der Waals surface area contributed by atoms with Crippen LogP contribution < -0.4 is 5.32 Å². The monoisotopic (exact) mass is 261 g/mol. The van der Waals surface area contributed by atoms with Gasteiger partial charge in [-0.3, -0.25) is 0 Å². The quantitative estimate of drug-likeness (QED) is 0.622. The molecule has 1 aliphatic rings. The van der Waals surface area contributed by atoms with Crippen molar-refractivity contribution >= 4 is 0 Å². The van der Waals surface area contributed by atoms with Crippen LogP contribution in [0.25, 0.3) is 0 Å². The Morgan fingerprint density at radius 3 is 2.95 bits per heavy atom. The summed E-state index contributed by atoms with van der Waals surface area (Å²) in [7, 11) is 1.80. The van der Waals surface area contributed by atoms with Gasteiger partial charge in [0.1, 0.15) is 0 Å². The molecule has 106 valence electrons. The molecule has 0 aromatic heterocycles. The van der Waals surface area contributed by atoms with E-state index >= 15 is 0 Å². The van der Waals surface area contributed by atoms with Gasteiger partial charge in [-0.05, 0) is 55.7 Å². The van der Waals surface area contributed by atoms with Crippen molar-refractivity contribution in [1.29, 1.82) is 0 Å². The van der Waals surface area contributed by atoms with E-state index < -0.39 is 0 Å². The third-order valence-corrected chi connectivity index (χ3v) is 4.23. The van der Waals surface area contributed by atoms with Crippen LogP contribution >= 0.6 is 0 Å². The summed E-state index contributed by atoms with van der Waals surface area (Å²) in [4.78, 5) is 0. The van der Waals surface area contributed by atoms with Crippen molar-refractivity contribution < 1.29 is 4.74 Å². The molecule has 1 aliphatic carbocycles. The number of hydrogen-bond acceptors (Lipinski definition) is 2. The van der Waals surface area contributed by atoms with Crippen LogP contribution in [0.5, 0.6) is 0 Å². The summed E-state index contributed by atoms with van der Waals surface area (Å²) >= 11 is 0. The smallest absolute Gasteiger partial charge is 0.0462 e. The molecule has 0 fully saturated rings. The van der Waals surface area contributed by atoms with Crippen LogP contribution in [0.4, 0.5) is 0 Å². The van der Waals surface area contributed by atoms with E-state index in [1.54, 1.807) is 12.7 Å². The Bertz CT molecular complexity index is 377. The maximum Gasteiger partial charge on any atom is 0.0462 e. The lowest BCUT2D eigenvalue weighted by atomic mass is 9.87. The molecule has 19 heavy (non-hydrogen) atoms. The summed E-state index contributed by atoms with van der Waals surface area (Å²) in [5.41, 5.74) is 3.08. The van der Waals surface area contributed by atoms with E-state index in [1.807, 2.05) is 0 Å². The van der Waals surface area contributed by atoms with E-state index in [0.29, 0.717) is 6.04 Å². The number of hydrogen-bond donors (Lipinski definition) is 1. The maximum atomic E-state index is 5.21. The minimum absolute atomic E-state index is 0.528. The molecule has 2 rings (SSSR count). The lowest BCUT2D eigenvalue weighted by Crippen LogP contribution is -2.28. The summed E-state index contributed by atoms with van der Waals surface area (Å²) in [6.45, 7) is 4.14. The molecule has 0 saturated carbocycles. The van der Waals surface area contributed by atoms with Crippen molar-refractivity contribution in [2.75, 3.05) is 20.3 Å². The zero-order valence-corrected chi connectivity index (χ0v) is 12.3. The molecule has 0 amide bonds. The van der Waals surface area contributed by atoms with Crippen LogP contribution in [0, 0.1) is 5.92 Å². The van der Waals surface area contributed by atoms with Crippen molar-refractivity contribution in [1.82, 2.24) is 5.32 Å². The Hall–Kier alpha value is -0.860. The normalized spacial score (nSPS) is 22.8. The SMILES string of the molecule is CCNC1c2ccccc2CCCC1CCCOC. The Kier molecular flexibility index (Phi) is 5.87. The molecule has 0 radical (unpaired) electrons. The number of fused-ring (bicyclic) bond motifs is 1. The molecule has 1 aromatic carbocycles. The summed E-state index contributed by atoms with van der Waals surface area (Å²) in [6, 6.07) is 9.50. The topological polar surface area (TPSA) is 21.3 Å². The first-order valence-corrected chi connectivity index (χ1v) is 7.67. The largest absolute Gasteiger partial charge is 0.385 e. The molecule has 1 N–H and O–H groups in total. The molecular weight excluding hydrogens is 234 g/mol. The second-order valence-corrected chi connectivity index (χ2v) is 5.52. The molecule has 2 atom stereocenters. The second kappa shape index (κ2) is 7.66. The lowest BCUT2D eigenvalue weighted by molar-refractivity contribution is 0.180. The molecule has 0 aliphatic heterocycles. The van der Waals surface area contributed by atoms with E-state index in [0.717, 1.165) is 19.1 Å². The van der Waals surface area contributed by atoms with Crippen LogP contribution in [-0.4, -0.2) is 20.3 Å². The first kappa shape index (κ1) is 14.5. The van der Waals surface area contributed by atoms with Crippen LogP contribution in [-0.2, 0) is 11.2 Å². The number of rotatable bonds is 6. The molecule has 0 spiro atoms. The third-order valence-electron chi connectivity index (χ3n) is 4.23. The van der Waals surface area contributed by atoms with Crippen molar-refractivity contribution in [3.05, 3.63) is 35.4 Å². The van der Waals surface area contributed by atoms with Crippen LogP contribution in [0.2, 0.25) is 0 Å². The number of methoxy groups -OCH3 is 1. The molecule has 2 unspecified atom stereocenters. The minimum atomic E-state index is 0.528. The van der Waals surface area contributed by atoms with Gasteiger partial charge < -0.3 is 10.1 Å². The fourth-order valence-corrected chi connectivity index (χ4v) is 3.34. The van der Waals surface area contributed by atoms with Crippen molar-refractivity contribution in [3.63, 3.8) is 0 Å². The predicted octanol–water partition coefficient (Wildman–Crippen LogP) is 3.72. The summed E-state index contributed by atoms with van der Waals surface area (Å²) in [5.74, 6) is 0.749. The average Bonchev–Trinajstić information content (AvgIpc) is 2.60. The molecule has 2 heteroatoms. The Balaban J connectivity index is 2.14. The molecule has 0 bridgehead atoms. The van der Waals surface area contributed by atoms with Gasteiger partial charge in [0, 0.05) is 19.8 Å². The number of aryl methyl sites for hydroxylation is 1. The van der Waals surface area contributed by atoms with Gasteiger partial charge in [0.25, 0.3) is 0 Å². The van der Waals surface area contributed by atoms with Gasteiger partial charge in [-0.15, -0.1) is 0 Å². The fraction of sp³-hybridized carbons (Fsp3) is 0.647. The molecule has 0 heterocycles. The zero-order chi connectivity index (χ0) is 13.5. The molecule has 2 nitrogen and oxygen atoms in total. The highest BCUT2D eigenvalue weighted by molar-refractivity contribution is 5.31. The first-order valence-electron chi connectivity index (χ1n) is 7.67. The van der Waals surface area contributed by atoms with Gasteiger partial charge >= 0.3 is 0 Å². The van der Waals surface area contributed by atoms with E-state index in [2.05, 4.69) is 36.5 Å². The highest BCUT2D eigenvalue weighted by atomic mass is 16.5. The van der Waals surface area contributed by atoms with Gasteiger partial charge in [0.15, 0.2) is 0 Å². The highest BCUT2D eigenvalue weighted by Crippen LogP contribution is 2.35. The Labute approximate surface area is 117 Å². The van der Waals surface area contributed by atoms with E-state index in [4.69, 9.17) is 4.74 Å². The predicted molar refractivity (Wildman–Crippen MR) is 80.4 cm³/mol. The molecular formula is C17H27NO. The van der Waals surface area contributed by atoms with Gasteiger partial charge in [-0.1, -0.05) is 31.2 Å². The van der Waals surface area contributed by atoms with Crippen molar-refractivity contribution in [2.24, 2.45) is 5.92 Å². The Morgan fingerprint density at radius 2 is 2.16 bits per heavy atom. The average molecular weight is 261 g/mol. The zero-order valence-electron chi connectivity index (χ0n) is 12.3. The van der Waals surface area contributed by atoms with Crippen LogP contribution in [0.1, 0.15) is 49.8 Å². The maximum absolute atomic E-state index is 5.21. The highest BCUT2D eigenvalue weighted by Gasteiger charge is 2.26. The van der Waals surface area contributed by atoms with Crippen LogP contribution in [0.3, 0.4) is 0 Å². The van der Waals surface area contributed by atoms with Gasteiger partial charge in [0.2, 0.25) is 0 Å². The third kappa shape index (κ3) is 3.80. The summed E-state index contributed by atoms with van der Waals surface area (Å²) < 4.78 is 5.21. The second-order valence-electron chi connectivity index (χ2n) is 5.52. The first-order chi connectivity index (χ1) is 9.36. The van der Waals surface area contributed by atoms with Crippen molar-refractivity contribution in [2.45, 2.75) is 45.1 Å². The van der Waals surface area contributed by atoms with E-state index in [9.17, 15) is 0 Å². The Morgan fingerprint density at radius 1 is 1.32 bits per heavy atom. The van der Waals surface area contributed by atoms with Crippen LogP contribution in [0.15, 0.2) is 24.3 Å². The van der Waals surface area contributed by atoms with Gasteiger partial charge in [-0.25, -0.2) is 0 Å². The standard InChI is InChI=1S/C17H27NO/c1-3-18-17-15(11-7-13-19-2)10-6-9-14-8-4-5-12-16(14)17/h4-5,8,12,15,17-18H,3,6-7,9-11,13H2,1-2H3. The number of benzene rings is 1. The number of ether oxygens (including phenoxy) is 1. The van der Waals surface area contributed by atoms with Crippen molar-refractivity contribution in [3.8, 4) is 0 Å². The molecule has 1 aromatic rings. The minimum Gasteiger partial charge on any atom is -0.385 e.